The Morgan fingerprint density at radius 3 is 2.95 bits per heavy atom. The van der Waals surface area contributed by atoms with Crippen molar-refractivity contribution < 1.29 is 9.59 Å². The van der Waals surface area contributed by atoms with Crippen LogP contribution in [0.3, 0.4) is 0 Å². The minimum atomic E-state index is 0.151. The first-order valence-electron chi connectivity index (χ1n) is 8.07. The largest absolute Gasteiger partial charge is 0.342 e. The van der Waals surface area contributed by atoms with Crippen LogP contribution in [0, 0.1) is 12.8 Å². The van der Waals surface area contributed by atoms with Gasteiger partial charge in [0, 0.05) is 45.0 Å². The average molecular weight is 304 g/mol. The van der Waals surface area contributed by atoms with Crippen molar-refractivity contribution in [2.24, 2.45) is 5.92 Å². The monoisotopic (exact) mass is 304 g/mol. The molecule has 2 atom stereocenters. The summed E-state index contributed by atoms with van der Waals surface area (Å²) in [7, 11) is 1.91. The van der Waals surface area contributed by atoms with E-state index in [1.165, 1.54) is 0 Å². The number of imidazole rings is 1. The Morgan fingerprint density at radius 1 is 1.41 bits per heavy atom. The maximum Gasteiger partial charge on any atom is 0.242 e. The second kappa shape index (κ2) is 6.10. The normalized spacial score (nSPS) is 25.8. The molecule has 0 unspecified atom stereocenters. The molecule has 1 aromatic rings. The molecule has 6 nitrogen and oxygen atoms in total. The average Bonchev–Trinajstić information content (AvgIpc) is 2.85. The zero-order chi connectivity index (χ0) is 15.7. The van der Waals surface area contributed by atoms with E-state index >= 15 is 0 Å². The van der Waals surface area contributed by atoms with Crippen LogP contribution < -0.4 is 0 Å². The Kier molecular flexibility index (Phi) is 4.18. The lowest BCUT2D eigenvalue weighted by Gasteiger charge is -2.41. The first kappa shape index (κ1) is 15.1. The summed E-state index contributed by atoms with van der Waals surface area (Å²) >= 11 is 0. The Bertz CT molecular complexity index is 568. The highest BCUT2D eigenvalue weighted by Gasteiger charge is 2.36. The number of amides is 2. The van der Waals surface area contributed by atoms with E-state index in [1.54, 1.807) is 6.20 Å². The molecule has 0 radical (unpaired) electrons. The van der Waals surface area contributed by atoms with Crippen molar-refractivity contribution in [3.8, 4) is 0 Å². The number of carbonyl (C=O) groups is 2. The highest BCUT2D eigenvalue weighted by atomic mass is 16.2. The van der Waals surface area contributed by atoms with E-state index in [0.29, 0.717) is 24.9 Å². The van der Waals surface area contributed by atoms with Gasteiger partial charge in [0.15, 0.2) is 0 Å². The van der Waals surface area contributed by atoms with Gasteiger partial charge in [-0.25, -0.2) is 4.98 Å². The van der Waals surface area contributed by atoms with Crippen LogP contribution in [-0.2, 0) is 16.1 Å². The SMILES string of the molecule is Cc1nccn1CC(=O)N1CC[C@@H]2[C@@H](CCCC(=O)N2C)C1. The molecule has 2 amide bonds. The topological polar surface area (TPSA) is 58.4 Å². The van der Waals surface area contributed by atoms with E-state index < -0.39 is 0 Å². The van der Waals surface area contributed by atoms with Gasteiger partial charge in [0.25, 0.3) is 0 Å². The summed E-state index contributed by atoms with van der Waals surface area (Å²) in [6.45, 7) is 3.78. The molecule has 2 aliphatic heterocycles. The Balaban J connectivity index is 1.65. The van der Waals surface area contributed by atoms with Crippen LogP contribution in [0.4, 0.5) is 0 Å². The Hall–Kier alpha value is -1.85. The summed E-state index contributed by atoms with van der Waals surface area (Å²) in [5, 5.41) is 0. The predicted octanol–water partition coefficient (Wildman–Crippen LogP) is 1.05. The smallest absolute Gasteiger partial charge is 0.242 e. The fourth-order valence-corrected chi connectivity index (χ4v) is 3.73. The van der Waals surface area contributed by atoms with Gasteiger partial charge in [0.2, 0.25) is 11.8 Å². The molecule has 0 bridgehead atoms. The number of hydrogen-bond acceptors (Lipinski definition) is 3. The number of aromatic nitrogens is 2. The number of piperidine rings is 1. The number of hydrogen-bond donors (Lipinski definition) is 0. The zero-order valence-corrected chi connectivity index (χ0v) is 13.4. The van der Waals surface area contributed by atoms with Crippen molar-refractivity contribution in [1.29, 1.82) is 0 Å². The lowest BCUT2D eigenvalue weighted by Crippen LogP contribution is -2.52. The molecule has 22 heavy (non-hydrogen) atoms. The first-order chi connectivity index (χ1) is 10.6. The van der Waals surface area contributed by atoms with E-state index in [1.807, 2.05) is 34.5 Å². The van der Waals surface area contributed by atoms with E-state index in [4.69, 9.17) is 0 Å². The molecule has 0 aliphatic carbocycles. The third-order valence-corrected chi connectivity index (χ3v) is 5.13. The lowest BCUT2D eigenvalue weighted by atomic mass is 9.88. The van der Waals surface area contributed by atoms with E-state index in [-0.39, 0.29) is 11.8 Å². The number of likely N-dealkylation sites (tertiary alicyclic amines) is 2. The molecule has 120 valence electrons. The van der Waals surface area contributed by atoms with E-state index in [2.05, 4.69) is 4.98 Å². The molecule has 0 N–H and O–H groups in total. The standard InChI is InChI=1S/C16H24N4O2/c1-12-17-7-9-19(12)11-16(22)20-8-6-14-13(10-20)4-3-5-15(21)18(14)2/h7,9,13-14H,3-6,8,10-11H2,1-2H3/t13-,14+/m0/s1. The second-order valence-corrected chi connectivity index (χ2v) is 6.46. The molecule has 3 rings (SSSR count). The Labute approximate surface area is 131 Å². The summed E-state index contributed by atoms with van der Waals surface area (Å²) in [5.41, 5.74) is 0. The summed E-state index contributed by atoms with van der Waals surface area (Å²) in [6, 6.07) is 0.300. The zero-order valence-electron chi connectivity index (χ0n) is 13.4. The van der Waals surface area contributed by atoms with E-state index in [0.717, 1.165) is 38.2 Å². The number of fused-ring (bicyclic) bond motifs is 1. The molecule has 2 saturated heterocycles. The van der Waals surface area contributed by atoms with Crippen molar-refractivity contribution in [2.75, 3.05) is 20.1 Å². The van der Waals surface area contributed by atoms with Gasteiger partial charge in [0.1, 0.15) is 12.4 Å². The van der Waals surface area contributed by atoms with Gasteiger partial charge >= 0.3 is 0 Å². The van der Waals surface area contributed by atoms with Crippen molar-refractivity contribution in [2.45, 2.75) is 45.2 Å². The summed E-state index contributed by atoms with van der Waals surface area (Å²) in [5.74, 6) is 1.68. The fourth-order valence-electron chi connectivity index (χ4n) is 3.73. The summed E-state index contributed by atoms with van der Waals surface area (Å²) < 4.78 is 1.89. The number of aryl methyl sites for hydroxylation is 1. The van der Waals surface area contributed by atoms with Gasteiger partial charge < -0.3 is 14.4 Å². The molecule has 3 heterocycles. The number of carbonyl (C=O) groups excluding carboxylic acids is 2. The molecule has 1 aromatic heterocycles. The molecule has 2 aliphatic rings. The van der Waals surface area contributed by atoms with Crippen LogP contribution in [0.2, 0.25) is 0 Å². The first-order valence-corrected chi connectivity index (χ1v) is 8.07. The summed E-state index contributed by atoms with van der Waals surface area (Å²) in [6.07, 6.45) is 7.08. The fraction of sp³-hybridized carbons (Fsp3) is 0.688. The molecule has 2 fully saturated rings. The molecular weight excluding hydrogens is 280 g/mol. The maximum atomic E-state index is 12.5. The summed E-state index contributed by atoms with van der Waals surface area (Å²) in [4.78, 5) is 32.5. The van der Waals surface area contributed by atoms with Crippen LogP contribution in [-0.4, -0.2) is 57.3 Å². The van der Waals surface area contributed by atoms with Crippen molar-refractivity contribution in [3.63, 3.8) is 0 Å². The minimum Gasteiger partial charge on any atom is -0.342 e. The third-order valence-electron chi connectivity index (χ3n) is 5.13. The predicted molar refractivity (Wildman–Crippen MR) is 82.1 cm³/mol. The molecule has 0 spiro atoms. The third kappa shape index (κ3) is 2.87. The van der Waals surface area contributed by atoms with Gasteiger partial charge in [-0.1, -0.05) is 0 Å². The van der Waals surface area contributed by atoms with Gasteiger partial charge in [-0.15, -0.1) is 0 Å². The van der Waals surface area contributed by atoms with Crippen LogP contribution in [0.1, 0.15) is 31.5 Å². The minimum absolute atomic E-state index is 0.151. The highest BCUT2D eigenvalue weighted by molar-refractivity contribution is 5.77. The number of nitrogens with zero attached hydrogens (tertiary/aromatic N) is 4. The quantitative estimate of drug-likeness (QED) is 0.820. The molecule has 0 saturated carbocycles. The van der Waals surface area contributed by atoms with Crippen LogP contribution in [0.25, 0.3) is 0 Å². The second-order valence-electron chi connectivity index (χ2n) is 6.46. The lowest BCUT2D eigenvalue weighted by molar-refractivity contribution is -0.137. The van der Waals surface area contributed by atoms with Gasteiger partial charge in [-0.3, -0.25) is 9.59 Å². The Morgan fingerprint density at radius 2 is 2.23 bits per heavy atom. The van der Waals surface area contributed by atoms with Crippen LogP contribution in [0.15, 0.2) is 12.4 Å². The van der Waals surface area contributed by atoms with Gasteiger partial charge in [-0.2, -0.15) is 0 Å². The van der Waals surface area contributed by atoms with Crippen molar-refractivity contribution in [3.05, 3.63) is 18.2 Å². The van der Waals surface area contributed by atoms with E-state index in [9.17, 15) is 9.59 Å². The van der Waals surface area contributed by atoms with Crippen LogP contribution >= 0.6 is 0 Å². The maximum absolute atomic E-state index is 12.5. The van der Waals surface area contributed by atoms with Crippen molar-refractivity contribution in [1.82, 2.24) is 19.4 Å². The van der Waals surface area contributed by atoms with Gasteiger partial charge in [-0.05, 0) is 32.1 Å². The molecular formula is C16H24N4O2. The van der Waals surface area contributed by atoms with Crippen LogP contribution in [0.5, 0.6) is 0 Å². The number of rotatable bonds is 2. The molecule has 6 heteroatoms. The molecule has 0 aromatic carbocycles. The van der Waals surface area contributed by atoms with Gasteiger partial charge in [0.05, 0.1) is 0 Å². The van der Waals surface area contributed by atoms with Crippen molar-refractivity contribution >= 4 is 11.8 Å². The highest BCUT2D eigenvalue weighted by Crippen LogP contribution is 2.29.